The lowest BCUT2D eigenvalue weighted by Crippen LogP contribution is -2.00. The van der Waals surface area contributed by atoms with Gasteiger partial charge >= 0.3 is 0 Å². The van der Waals surface area contributed by atoms with Crippen LogP contribution >= 0.6 is 0 Å². The van der Waals surface area contributed by atoms with Gasteiger partial charge in [0.15, 0.2) is 17.5 Å². The number of hydrogen-bond donors (Lipinski definition) is 0. The Balaban J connectivity index is 1.08. The van der Waals surface area contributed by atoms with Crippen molar-refractivity contribution in [2.75, 3.05) is 0 Å². The number of para-hydroxylation sites is 2. The van der Waals surface area contributed by atoms with Crippen LogP contribution in [0.3, 0.4) is 0 Å². The van der Waals surface area contributed by atoms with Gasteiger partial charge in [-0.25, -0.2) is 19.9 Å². The lowest BCUT2D eigenvalue weighted by molar-refractivity contribution is 1.08. The van der Waals surface area contributed by atoms with Gasteiger partial charge in [0.2, 0.25) is 0 Å². The summed E-state index contributed by atoms with van der Waals surface area (Å²) in [5.74, 6) is 1.92. The van der Waals surface area contributed by atoms with E-state index in [1.165, 1.54) is 21.7 Å². The molecule has 0 N–H and O–H groups in total. The number of benzene rings is 9. The van der Waals surface area contributed by atoms with Crippen molar-refractivity contribution in [3.05, 3.63) is 212 Å². The van der Waals surface area contributed by atoms with Gasteiger partial charge < -0.3 is 4.57 Å². The summed E-state index contributed by atoms with van der Waals surface area (Å²) in [4.78, 5) is 20.6. The Bertz CT molecular complexity index is 3560. The molecule has 0 atom stereocenters. The van der Waals surface area contributed by atoms with E-state index in [4.69, 9.17) is 19.9 Å². The molecule has 0 spiro atoms. The molecular weight excluding hydrogens is 743 g/mol. The first-order valence-corrected chi connectivity index (χ1v) is 20.6. The predicted molar refractivity (Wildman–Crippen MR) is 252 cm³/mol. The molecule has 5 heteroatoms. The van der Waals surface area contributed by atoms with Crippen molar-refractivity contribution in [1.82, 2.24) is 24.5 Å². The van der Waals surface area contributed by atoms with E-state index in [0.717, 1.165) is 77.3 Å². The third-order valence-electron chi connectivity index (χ3n) is 11.8. The van der Waals surface area contributed by atoms with Crippen LogP contribution in [0.4, 0.5) is 0 Å². The highest BCUT2D eigenvalue weighted by molar-refractivity contribution is 6.21. The average molecular weight is 778 g/mol. The minimum Gasteiger partial charge on any atom is -0.309 e. The van der Waals surface area contributed by atoms with E-state index in [1.807, 2.05) is 60.7 Å². The normalized spacial score (nSPS) is 11.6. The Labute approximate surface area is 351 Å². The first kappa shape index (κ1) is 34.7. The maximum absolute atomic E-state index is 5.42. The number of fused-ring (bicyclic) bond motifs is 7. The zero-order valence-corrected chi connectivity index (χ0v) is 32.9. The van der Waals surface area contributed by atoms with Gasteiger partial charge in [-0.1, -0.05) is 164 Å². The smallest absolute Gasteiger partial charge is 0.164 e. The fourth-order valence-corrected chi connectivity index (χ4v) is 8.98. The zero-order valence-electron chi connectivity index (χ0n) is 32.9. The van der Waals surface area contributed by atoms with Crippen molar-refractivity contribution in [2.24, 2.45) is 0 Å². The first-order valence-electron chi connectivity index (χ1n) is 20.6. The number of pyridine rings is 1. The van der Waals surface area contributed by atoms with E-state index in [-0.39, 0.29) is 0 Å². The van der Waals surface area contributed by atoms with E-state index >= 15 is 0 Å². The molecule has 0 amide bonds. The molecule has 0 saturated heterocycles. The van der Waals surface area contributed by atoms with Crippen LogP contribution in [0.5, 0.6) is 0 Å². The highest BCUT2D eigenvalue weighted by Crippen LogP contribution is 2.42. The van der Waals surface area contributed by atoms with Gasteiger partial charge in [0, 0.05) is 49.5 Å². The molecule has 0 fully saturated rings. The third kappa shape index (κ3) is 5.86. The molecule has 0 radical (unpaired) electrons. The minimum absolute atomic E-state index is 0.635. The maximum atomic E-state index is 5.42. The molecule has 12 rings (SSSR count). The van der Waals surface area contributed by atoms with E-state index < -0.39 is 0 Å². The van der Waals surface area contributed by atoms with Crippen LogP contribution in [0.25, 0.3) is 116 Å². The van der Waals surface area contributed by atoms with Crippen molar-refractivity contribution in [3.63, 3.8) is 0 Å². The molecule has 9 aromatic carbocycles. The second-order valence-corrected chi connectivity index (χ2v) is 15.4. The fraction of sp³-hybridized carbons (Fsp3) is 0. The monoisotopic (exact) mass is 777 g/mol. The van der Waals surface area contributed by atoms with Gasteiger partial charge in [-0.3, -0.25) is 0 Å². The van der Waals surface area contributed by atoms with E-state index in [0.29, 0.717) is 17.5 Å². The molecule has 3 aromatic heterocycles. The van der Waals surface area contributed by atoms with Crippen LogP contribution < -0.4 is 0 Å². The van der Waals surface area contributed by atoms with Crippen molar-refractivity contribution in [1.29, 1.82) is 0 Å². The van der Waals surface area contributed by atoms with E-state index in [9.17, 15) is 0 Å². The molecule has 0 unspecified atom stereocenters. The Morgan fingerprint density at radius 3 is 1.49 bits per heavy atom. The highest BCUT2D eigenvalue weighted by Gasteiger charge is 2.20. The number of hydrogen-bond acceptors (Lipinski definition) is 4. The van der Waals surface area contributed by atoms with Gasteiger partial charge in [-0.05, 0) is 75.8 Å². The van der Waals surface area contributed by atoms with Crippen molar-refractivity contribution < 1.29 is 0 Å². The fourth-order valence-electron chi connectivity index (χ4n) is 8.98. The number of aromatic nitrogens is 5. The molecule has 61 heavy (non-hydrogen) atoms. The Hall–Kier alpha value is -8.28. The van der Waals surface area contributed by atoms with E-state index in [2.05, 4.69) is 156 Å². The van der Waals surface area contributed by atoms with Gasteiger partial charge in [-0.2, -0.15) is 0 Å². The van der Waals surface area contributed by atoms with Crippen LogP contribution in [-0.2, 0) is 0 Å². The minimum atomic E-state index is 0.635. The van der Waals surface area contributed by atoms with Crippen LogP contribution in [0.1, 0.15) is 0 Å². The Morgan fingerprint density at radius 2 is 0.820 bits per heavy atom. The van der Waals surface area contributed by atoms with Crippen LogP contribution in [-0.4, -0.2) is 24.5 Å². The summed E-state index contributed by atoms with van der Waals surface area (Å²) < 4.78 is 2.38. The second kappa shape index (κ2) is 14.2. The SMILES string of the molecule is c1ccc(-c2nc(-c3ccccc3)nc(-c3ccc(-c4ccc5nc(-c6ccccc6)c6cc7c(cc6c5c4)c4ccccc4n7-c4ccccc4)c4ccccc34)n2)cc1. The summed E-state index contributed by atoms with van der Waals surface area (Å²) in [5.41, 5.74) is 11.6. The van der Waals surface area contributed by atoms with Crippen LogP contribution in [0.15, 0.2) is 212 Å². The highest BCUT2D eigenvalue weighted by atomic mass is 15.0. The summed E-state index contributed by atoms with van der Waals surface area (Å²) in [6, 6.07) is 74.6. The summed E-state index contributed by atoms with van der Waals surface area (Å²) in [6.07, 6.45) is 0. The molecule has 0 bridgehead atoms. The summed E-state index contributed by atoms with van der Waals surface area (Å²) in [6.45, 7) is 0. The molecule has 0 aliphatic carbocycles. The van der Waals surface area contributed by atoms with Crippen LogP contribution in [0.2, 0.25) is 0 Å². The summed E-state index contributed by atoms with van der Waals surface area (Å²) >= 11 is 0. The van der Waals surface area contributed by atoms with Gasteiger partial charge in [-0.15, -0.1) is 0 Å². The van der Waals surface area contributed by atoms with Crippen LogP contribution in [0, 0.1) is 0 Å². The predicted octanol–water partition coefficient (Wildman–Crippen LogP) is 14.2. The molecule has 0 saturated carbocycles. The standard InChI is InChI=1S/C56H35N5/c1-5-17-36(18-6-1)53-49-35-52-48(44-27-15-16-28-51(44)61(52)40-23-11-4-12-24-40)34-46(49)47-33-39(29-32-50(47)57-53)41-30-31-45(43-26-14-13-25-42(41)43)56-59-54(37-19-7-2-8-20-37)58-55(60-56)38-21-9-3-10-22-38/h1-35H. The van der Waals surface area contributed by atoms with Crippen molar-refractivity contribution >= 4 is 54.3 Å². The zero-order chi connectivity index (χ0) is 40.3. The second-order valence-electron chi connectivity index (χ2n) is 15.4. The molecule has 0 aliphatic heterocycles. The summed E-state index contributed by atoms with van der Waals surface area (Å²) in [5, 5.41) is 8.01. The molecule has 5 nitrogen and oxygen atoms in total. The maximum Gasteiger partial charge on any atom is 0.164 e. The Kier molecular flexibility index (Phi) is 8.10. The summed E-state index contributed by atoms with van der Waals surface area (Å²) in [7, 11) is 0. The number of rotatable bonds is 6. The Morgan fingerprint density at radius 1 is 0.279 bits per heavy atom. The lowest BCUT2D eigenvalue weighted by atomic mass is 9.92. The van der Waals surface area contributed by atoms with E-state index in [1.54, 1.807) is 0 Å². The molecule has 12 aromatic rings. The first-order chi connectivity index (χ1) is 30.2. The largest absolute Gasteiger partial charge is 0.309 e. The van der Waals surface area contributed by atoms with Crippen molar-refractivity contribution in [3.8, 4) is 62.2 Å². The van der Waals surface area contributed by atoms with Gasteiger partial charge in [0.25, 0.3) is 0 Å². The molecule has 284 valence electrons. The third-order valence-corrected chi connectivity index (χ3v) is 11.8. The quantitative estimate of drug-likeness (QED) is 0.158. The van der Waals surface area contributed by atoms with Crippen molar-refractivity contribution in [2.45, 2.75) is 0 Å². The molecular formula is C56H35N5. The topological polar surface area (TPSA) is 56.5 Å². The van der Waals surface area contributed by atoms with Gasteiger partial charge in [0.1, 0.15) is 0 Å². The lowest BCUT2D eigenvalue weighted by Gasteiger charge is -2.15. The van der Waals surface area contributed by atoms with Gasteiger partial charge in [0.05, 0.1) is 22.2 Å². The average Bonchev–Trinajstić information content (AvgIpc) is 3.67. The molecule has 3 heterocycles. The number of nitrogens with zero attached hydrogens (tertiary/aromatic N) is 5. The molecule has 0 aliphatic rings.